The molecule has 1 N–H and O–H groups in total. The van der Waals surface area contributed by atoms with Crippen molar-refractivity contribution in [2.24, 2.45) is 4.99 Å². The van der Waals surface area contributed by atoms with Crippen LogP contribution in [0, 0.1) is 10.1 Å². The van der Waals surface area contributed by atoms with Crippen molar-refractivity contribution in [1.29, 1.82) is 0 Å². The van der Waals surface area contributed by atoms with E-state index >= 15 is 0 Å². The molecule has 10 nitrogen and oxygen atoms in total. The molecule has 1 aromatic rings. The van der Waals surface area contributed by atoms with Crippen LogP contribution >= 0.6 is 0 Å². The number of sulfonamides is 1. The highest BCUT2D eigenvalue weighted by Gasteiger charge is 2.28. The van der Waals surface area contributed by atoms with Gasteiger partial charge in [-0.05, 0) is 26.3 Å². The zero-order chi connectivity index (χ0) is 22.1. The van der Waals surface area contributed by atoms with Gasteiger partial charge in [-0.1, -0.05) is 12.1 Å². The topological polar surface area (TPSA) is 117 Å². The van der Waals surface area contributed by atoms with E-state index in [0.717, 1.165) is 5.56 Å². The lowest BCUT2D eigenvalue weighted by Crippen LogP contribution is -2.54. The molecule has 0 atom stereocenters. The van der Waals surface area contributed by atoms with Crippen LogP contribution in [0.15, 0.2) is 29.3 Å². The van der Waals surface area contributed by atoms with Gasteiger partial charge in [0.1, 0.15) is 0 Å². The normalized spacial score (nSPS) is 16.1. The molecule has 0 bridgehead atoms. The molecule has 30 heavy (non-hydrogen) atoms. The second kappa shape index (κ2) is 11.2. The molecule has 168 valence electrons. The highest BCUT2D eigenvalue weighted by Crippen LogP contribution is 2.14. The fraction of sp³-hybridized carbons (Fsp3) is 0.632. The van der Waals surface area contributed by atoms with E-state index in [2.05, 4.69) is 10.3 Å². The molecular weight excluding hydrogens is 410 g/mol. The number of nitro benzene ring substituents is 1. The van der Waals surface area contributed by atoms with Crippen molar-refractivity contribution < 1.29 is 18.1 Å². The number of aliphatic imine (C=N–C) groups is 1. The Morgan fingerprint density at radius 3 is 2.60 bits per heavy atom. The lowest BCUT2D eigenvalue weighted by Gasteiger charge is -2.35. The number of rotatable bonds is 9. The number of piperazine rings is 1. The molecule has 1 heterocycles. The number of guanidine groups is 1. The number of benzene rings is 1. The summed E-state index contributed by atoms with van der Waals surface area (Å²) in [7, 11) is -3.35. The highest BCUT2D eigenvalue weighted by molar-refractivity contribution is 7.89. The van der Waals surface area contributed by atoms with Crippen LogP contribution in [0.2, 0.25) is 0 Å². The molecule has 11 heteroatoms. The molecule has 1 saturated heterocycles. The Balaban J connectivity index is 1.97. The van der Waals surface area contributed by atoms with E-state index in [1.807, 2.05) is 25.7 Å². The number of nitro groups is 1. The van der Waals surface area contributed by atoms with Crippen molar-refractivity contribution in [3.8, 4) is 0 Å². The second-order valence-electron chi connectivity index (χ2n) is 7.22. The summed E-state index contributed by atoms with van der Waals surface area (Å²) in [6, 6.07) is 6.40. The van der Waals surface area contributed by atoms with Gasteiger partial charge in [-0.25, -0.2) is 13.4 Å². The largest absolute Gasteiger partial charge is 0.378 e. The molecule has 1 aliphatic heterocycles. The minimum atomic E-state index is -3.35. The van der Waals surface area contributed by atoms with Crippen LogP contribution in [-0.4, -0.2) is 79.7 Å². The van der Waals surface area contributed by atoms with Crippen LogP contribution in [0.5, 0.6) is 0 Å². The average molecular weight is 442 g/mol. The Labute approximate surface area is 178 Å². The summed E-state index contributed by atoms with van der Waals surface area (Å²) >= 11 is 0. The third kappa shape index (κ3) is 7.22. The van der Waals surface area contributed by atoms with Crippen molar-refractivity contribution >= 4 is 21.7 Å². The van der Waals surface area contributed by atoms with Crippen LogP contribution in [0.4, 0.5) is 5.69 Å². The Hall–Kier alpha value is -2.24. The number of hydrogen-bond acceptors (Lipinski definition) is 6. The summed E-state index contributed by atoms with van der Waals surface area (Å²) in [5.74, 6) is 0.649. The van der Waals surface area contributed by atoms with Crippen molar-refractivity contribution in [1.82, 2.24) is 14.5 Å². The Morgan fingerprint density at radius 1 is 1.30 bits per heavy atom. The van der Waals surface area contributed by atoms with Crippen molar-refractivity contribution in [3.05, 3.63) is 39.9 Å². The number of nitrogens with zero attached hydrogens (tertiary/aromatic N) is 4. The second-order valence-corrected chi connectivity index (χ2v) is 9.31. The zero-order valence-corrected chi connectivity index (χ0v) is 18.6. The SMILES string of the molecule is CCNC(=NCc1cccc([N+](=O)[O-])c1)N1CCN(S(=O)(=O)CCOC(C)C)CC1. The standard InChI is InChI=1S/C19H31N5O5S/c1-4-20-19(21-15-17-6-5-7-18(14-17)24(25)26)22-8-10-23(11-9-22)30(27,28)13-12-29-16(2)3/h5-7,14,16H,4,8-13,15H2,1-3H3,(H,20,21). The van der Waals surface area contributed by atoms with Gasteiger partial charge in [0.25, 0.3) is 5.69 Å². The maximum absolute atomic E-state index is 12.5. The van der Waals surface area contributed by atoms with Gasteiger partial charge in [0.2, 0.25) is 10.0 Å². The van der Waals surface area contributed by atoms with E-state index in [1.165, 1.54) is 16.4 Å². The number of ether oxygens (including phenoxy) is 1. The fourth-order valence-corrected chi connectivity index (χ4v) is 4.34. The predicted octanol–water partition coefficient (Wildman–Crippen LogP) is 1.43. The molecule has 0 radical (unpaired) electrons. The molecule has 0 spiro atoms. The summed E-state index contributed by atoms with van der Waals surface area (Å²) in [5, 5.41) is 14.2. The zero-order valence-electron chi connectivity index (χ0n) is 17.8. The highest BCUT2D eigenvalue weighted by atomic mass is 32.2. The summed E-state index contributed by atoms with van der Waals surface area (Å²) in [6.45, 7) is 8.66. The molecule has 0 aliphatic carbocycles. The first-order chi connectivity index (χ1) is 14.2. The van der Waals surface area contributed by atoms with E-state index in [1.54, 1.807) is 12.1 Å². The minimum Gasteiger partial charge on any atom is -0.378 e. The van der Waals surface area contributed by atoms with Crippen LogP contribution in [0.25, 0.3) is 0 Å². The summed E-state index contributed by atoms with van der Waals surface area (Å²) in [6.07, 6.45) is 0.00184. The molecule has 0 unspecified atom stereocenters. The third-order valence-corrected chi connectivity index (χ3v) is 6.43. The fourth-order valence-electron chi connectivity index (χ4n) is 3.06. The monoisotopic (exact) mass is 441 g/mol. The predicted molar refractivity (Wildman–Crippen MR) is 116 cm³/mol. The van der Waals surface area contributed by atoms with Gasteiger partial charge in [-0.2, -0.15) is 4.31 Å². The molecule has 1 aromatic carbocycles. The smallest absolute Gasteiger partial charge is 0.269 e. The van der Waals surface area contributed by atoms with Gasteiger partial charge >= 0.3 is 0 Å². The van der Waals surface area contributed by atoms with Crippen LogP contribution in [-0.2, 0) is 21.3 Å². The molecule has 1 aliphatic rings. The maximum atomic E-state index is 12.5. The van der Waals surface area contributed by atoms with Gasteiger partial charge in [0, 0.05) is 44.9 Å². The minimum absolute atomic E-state index is 0.00184. The van der Waals surface area contributed by atoms with Crippen molar-refractivity contribution in [2.45, 2.75) is 33.4 Å². The molecule has 1 fully saturated rings. The van der Waals surface area contributed by atoms with Gasteiger partial charge in [0.05, 0.1) is 29.9 Å². The van der Waals surface area contributed by atoms with Gasteiger partial charge in [0.15, 0.2) is 5.96 Å². The van der Waals surface area contributed by atoms with Crippen molar-refractivity contribution in [2.75, 3.05) is 45.1 Å². The maximum Gasteiger partial charge on any atom is 0.269 e. The first-order valence-corrected chi connectivity index (χ1v) is 11.7. The lowest BCUT2D eigenvalue weighted by atomic mass is 10.2. The van der Waals surface area contributed by atoms with Crippen molar-refractivity contribution in [3.63, 3.8) is 0 Å². The molecule has 0 aromatic heterocycles. The Kier molecular flexibility index (Phi) is 9.00. The molecule has 0 saturated carbocycles. The molecule has 0 amide bonds. The number of nitrogens with one attached hydrogen (secondary N) is 1. The van der Waals surface area contributed by atoms with Crippen LogP contribution in [0.1, 0.15) is 26.3 Å². The third-order valence-electron chi connectivity index (χ3n) is 4.59. The van der Waals surface area contributed by atoms with E-state index in [4.69, 9.17) is 4.74 Å². The van der Waals surface area contributed by atoms with Gasteiger partial charge in [-0.15, -0.1) is 0 Å². The van der Waals surface area contributed by atoms with Crippen LogP contribution < -0.4 is 5.32 Å². The van der Waals surface area contributed by atoms with E-state index in [-0.39, 0.29) is 24.2 Å². The summed E-state index contributed by atoms with van der Waals surface area (Å²) < 4.78 is 31.9. The van der Waals surface area contributed by atoms with Crippen LogP contribution in [0.3, 0.4) is 0 Å². The van der Waals surface area contributed by atoms with E-state index < -0.39 is 14.9 Å². The Bertz CT molecular complexity index is 835. The summed E-state index contributed by atoms with van der Waals surface area (Å²) in [5.41, 5.74) is 0.777. The van der Waals surface area contributed by atoms with Gasteiger partial charge in [-0.3, -0.25) is 10.1 Å². The average Bonchev–Trinajstić information content (AvgIpc) is 2.71. The first-order valence-electron chi connectivity index (χ1n) is 10.1. The van der Waals surface area contributed by atoms with E-state index in [9.17, 15) is 18.5 Å². The first kappa shape index (κ1) is 24.0. The number of non-ortho nitro benzene ring substituents is 1. The Morgan fingerprint density at radius 2 is 2.00 bits per heavy atom. The summed E-state index contributed by atoms with van der Waals surface area (Å²) in [4.78, 5) is 17.1. The number of hydrogen-bond donors (Lipinski definition) is 1. The molecule has 2 rings (SSSR count). The lowest BCUT2D eigenvalue weighted by molar-refractivity contribution is -0.384. The van der Waals surface area contributed by atoms with Gasteiger partial charge < -0.3 is 15.0 Å². The molecular formula is C19H31N5O5S. The van der Waals surface area contributed by atoms with E-state index in [0.29, 0.717) is 45.2 Å². The quantitative estimate of drug-likeness (QED) is 0.267.